The zero-order valence-corrected chi connectivity index (χ0v) is 14.4. The van der Waals surface area contributed by atoms with Gasteiger partial charge in [0, 0.05) is 6.08 Å². The largest absolute Gasteiger partial charge is 0.463 e. The Morgan fingerprint density at radius 3 is 2.05 bits per heavy atom. The Morgan fingerprint density at radius 2 is 1.55 bits per heavy atom. The molecule has 0 heterocycles. The molecule has 2 heteroatoms. The molecule has 0 spiro atoms. The molecule has 0 atom stereocenters. The van der Waals surface area contributed by atoms with Crippen LogP contribution < -0.4 is 0 Å². The lowest BCUT2D eigenvalue weighted by molar-refractivity contribution is -0.137. The first kappa shape index (κ1) is 17.6. The van der Waals surface area contributed by atoms with E-state index in [1.807, 2.05) is 13.0 Å². The van der Waals surface area contributed by atoms with Crippen molar-refractivity contribution in [3.8, 4) is 0 Å². The van der Waals surface area contributed by atoms with E-state index in [0.717, 1.165) is 24.2 Å². The number of carbonyl (C=O) groups is 1. The van der Waals surface area contributed by atoms with Gasteiger partial charge in [0.1, 0.15) is 0 Å². The van der Waals surface area contributed by atoms with Crippen LogP contribution in [0.4, 0.5) is 0 Å². The standard InChI is InChI=1S/C20H34O2/c1-2-22-20(21)16-10-9-15-19(17-11-5-3-6-12-17)18-13-7-4-8-14-18/h10,16-19H,2-9,11-15H2,1H3/b16-10+. The molecular formula is C20H34O2. The first-order valence-corrected chi connectivity index (χ1v) is 9.64. The maximum atomic E-state index is 11.4. The minimum atomic E-state index is -0.186. The Kier molecular flexibility index (Phi) is 8.04. The van der Waals surface area contributed by atoms with Crippen molar-refractivity contribution < 1.29 is 9.53 Å². The van der Waals surface area contributed by atoms with Crippen molar-refractivity contribution in [1.29, 1.82) is 0 Å². The maximum Gasteiger partial charge on any atom is 0.330 e. The number of esters is 1. The van der Waals surface area contributed by atoms with Gasteiger partial charge in [0.15, 0.2) is 0 Å². The van der Waals surface area contributed by atoms with Gasteiger partial charge >= 0.3 is 5.97 Å². The van der Waals surface area contributed by atoms with Crippen molar-refractivity contribution in [2.24, 2.45) is 17.8 Å². The van der Waals surface area contributed by atoms with Crippen molar-refractivity contribution in [2.45, 2.75) is 84.0 Å². The van der Waals surface area contributed by atoms with E-state index in [-0.39, 0.29) is 5.97 Å². The van der Waals surface area contributed by atoms with E-state index in [9.17, 15) is 4.79 Å². The summed E-state index contributed by atoms with van der Waals surface area (Å²) in [6, 6.07) is 0. The van der Waals surface area contributed by atoms with Gasteiger partial charge in [-0.05, 0) is 37.5 Å². The Balaban J connectivity index is 1.84. The molecule has 0 saturated heterocycles. The lowest BCUT2D eigenvalue weighted by Crippen LogP contribution is -2.27. The fraction of sp³-hybridized carbons (Fsp3) is 0.850. The summed E-state index contributed by atoms with van der Waals surface area (Å²) >= 11 is 0. The van der Waals surface area contributed by atoms with E-state index in [1.54, 1.807) is 6.08 Å². The molecule has 0 unspecified atom stereocenters. The van der Waals surface area contributed by atoms with Crippen LogP contribution in [0.5, 0.6) is 0 Å². The van der Waals surface area contributed by atoms with Crippen molar-refractivity contribution in [3.63, 3.8) is 0 Å². The van der Waals surface area contributed by atoms with Gasteiger partial charge in [-0.15, -0.1) is 0 Å². The van der Waals surface area contributed by atoms with Crippen molar-refractivity contribution in [2.75, 3.05) is 6.61 Å². The second kappa shape index (κ2) is 10.1. The second-order valence-corrected chi connectivity index (χ2v) is 7.19. The van der Waals surface area contributed by atoms with Gasteiger partial charge in [-0.1, -0.05) is 70.3 Å². The third-order valence-electron chi connectivity index (χ3n) is 5.72. The van der Waals surface area contributed by atoms with Crippen LogP contribution in [0.2, 0.25) is 0 Å². The van der Waals surface area contributed by atoms with Crippen LogP contribution >= 0.6 is 0 Å². The van der Waals surface area contributed by atoms with Gasteiger partial charge in [0.2, 0.25) is 0 Å². The molecule has 2 nitrogen and oxygen atoms in total. The molecule has 126 valence electrons. The smallest absolute Gasteiger partial charge is 0.330 e. The molecular weight excluding hydrogens is 272 g/mol. The Bertz CT molecular complexity index is 318. The van der Waals surface area contributed by atoms with Crippen molar-refractivity contribution in [3.05, 3.63) is 12.2 Å². The molecule has 0 amide bonds. The van der Waals surface area contributed by atoms with Crippen LogP contribution in [-0.4, -0.2) is 12.6 Å². The SMILES string of the molecule is CCOC(=O)/C=C/CCC(C1CCCCC1)C1CCCCC1. The molecule has 0 N–H and O–H groups in total. The summed E-state index contributed by atoms with van der Waals surface area (Å²) in [4.78, 5) is 11.4. The third kappa shape index (κ3) is 5.78. The molecule has 2 aliphatic rings. The van der Waals surface area contributed by atoms with Gasteiger partial charge in [-0.3, -0.25) is 0 Å². The minimum Gasteiger partial charge on any atom is -0.463 e. The first-order valence-electron chi connectivity index (χ1n) is 9.64. The normalized spacial score (nSPS) is 21.5. The van der Waals surface area contributed by atoms with E-state index in [2.05, 4.69) is 0 Å². The van der Waals surface area contributed by atoms with Crippen LogP contribution in [-0.2, 0) is 9.53 Å². The van der Waals surface area contributed by atoms with Crippen LogP contribution in [0.3, 0.4) is 0 Å². The van der Waals surface area contributed by atoms with Crippen LogP contribution in [0.15, 0.2) is 12.2 Å². The molecule has 0 aromatic heterocycles. The van der Waals surface area contributed by atoms with Crippen LogP contribution in [0.25, 0.3) is 0 Å². The Hall–Kier alpha value is -0.790. The zero-order valence-electron chi connectivity index (χ0n) is 14.4. The number of allylic oxidation sites excluding steroid dienone is 1. The Labute approximate surface area is 136 Å². The van der Waals surface area contributed by atoms with E-state index in [0.29, 0.717) is 6.61 Å². The average Bonchev–Trinajstić information content (AvgIpc) is 2.57. The van der Waals surface area contributed by atoms with Gasteiger partial charge in [0.05, 0.1) is 6.61 Å². The number of carbonyl (C=O) groups excluding carboxylic acids is 1. The average molecular weight is 306 g/mol. The summed E-state index contributed by atoms with van der Waals surface area (Å²) in [5.74, 6) is 2.61. The topological polar surface area (TPSA) is 26.3 Å². The highest BCUT2D eigenvalue weighted by molar-refractivity contribution is 5.81. The lowest BCUT2D eigenvalue weighted by atomic mass is 9.68. The number of hydrogen-bond donors (Lipinski definition) is 0. The first-order chi connectivity index (χ1) is 10.8. The number of hydrogen-bond acceptors (Lipinski definition) is 2. The quantitative estimate of drug-likeness (QED) is 0.448. The predicted molar refractivity (Wildman–Crippen MR) is 91.6 cm³/mol. The maximum absolute atomic E-state index is 11.4. The monoisotopic (exact) mass is 306 g/mol. The summed E-state index contributed by atoms with van der Waals surface area (Å²) < 4.78 is 4.96. The second-order valence-electron chi connectivity index (χ2n) is 7.19. The molecule has 2 rings (SSSR count). The van der Waals surface area contributed by atoms with Crippen LogP contribution in [0.1, 0.15) is 84.0 Å². The zero-order chi connectivity index (χ0) is 15.6. The fourth-order valence-electron chi connectivity index (χ4n) is 4.64. The van der Waals surface area contributed by atoms with Crippen LogP contribution in [0, 0.1) is 17.8 Å². The summed E-state index contributed by atoms with van der Waals surface area (Å²) in [6.45, 7) is 2.32. The molecule has 2 fully saturated rings. The van der Waals surface area contributed by atoms with E-state index < -0.39 is 0 Å². The molecule has 0 aromatic rings. The molecule has 0 bridgehead atoms. The number of ether oxygens (including phenoxy) is 1. The minimum absolute atomic E-state index is 0.186. The van der Waals surface area contributed by atoms with Gasteiger partial charge in [-0.25, -0.2) is 4.79 Å². The van der Waals surface area contributed by atoms with E-state index in [4.69, 9.17) is 4.74 Å². The molecule has 2 saturated carbocycles. The summed E-state index contributed by atoms with van der Waals surface area (Å²) in [5.41, 5.74) is 0. The Morgan fingerprint density at radius 1 is 1.00 bits per heavy atom. The van der Waals surface area contributed by atoms with Crippen molar-refractivity contribution >= 4 is 5.97 Å². The highest BCUT2D eigenvalue weighted by Crippen LogP contribution is 2.42. The molecule has 22 heavy (non-hydrogen) atoms. The van der Waals surface area contributed by atoms with E-state index in [1.165, 1.54) is 70.6 Å². The number of rotatable bonds is 7. The predicted octanol–water partition coefficient (Wildman–Crippen LogP) is 5.66. The highest BCUT2D eigenvalue weighted by atomic mass is 16.5. The summed E-state index contributed by atoms with van der Waals surface area (Å²) in [6.07, 6.45) is 20.4. The lowest BCUT2D eigenvalue weighted by Gasteiger charge is -2.38. The third-order valence-corrected chi connectivity index (χ3v) is 5.72. The van der Waals surface area contributed by atoms with Gasteiger partial charge < -0.3 is 4.74 Å². The van der Waals surface area contributed by atoms with Gasteiger partial charge in [-0.2, -0.15) is 0 Å². The fourth-order valence-corrected chi connectivity index (χ4v) is 4.64. The molecule has 0 radical (unpaired) electrons. The molecule has 0 aliphatic heterocycles. The van der Waals surface area contributed by atoms with E-state index >= 15 is 0 Å². The van der Waals surface area contributed by atoms with Crippen molar-refractivity contribution in [1.82, 2.24) is 0 Å². The summed E-state index contributed by atoms with van der Waals surface area (Å²) in [7, 11) is 0. The molecule has 0 aromatic carbocycles. The van der Waals surface area contributed by atoms with Gasteiger partial charge in [0.25, 0.3) is 0 Å². The highest BCUT2D eigenvalue weighted by Gasteiger charge is 2.30. The molecule has 2 aliphatic carbocycles. The summed E-state index contributed by atoms with van der Waals surface area (Å²) in [5, 5.41) is 0.